The predicted molar refractivity (Wildman–Crippen MR) is 74.2 cm³/mol. The third-order valence-corrected chi connectivity index (χ3v) is 3.84. The fourth-order valence-corrected chi connectivity index (χ4v) is 1.84. The molecular formula is C13H20BFN2O2. The standard InChI is InChI=1S/C13H20BFN2O2/c1-12(2)13(3,4)19-14(18-12)9-7-11(17(5)6)16-8-10(9)15/h7-8H,1-6H3. The third-order valence-electron chi connectivity index (χ3n) is 3.84. The number of aromatic nitrogens is 1. The van der Waals surface area contributed by atoms with Gasteiger partial charge in [-0.25, -0.2) is 9.37 Å². The molecule has 0 N–H and O–H groups in total. The molecule has 1 aromatic rings. The first kappa shape index (κ1) is 14.3. The smallest absolute Gasteiger partial charge is 0.399 e. The van der Waals surface area contributed by atoms with E-state index in [4.69, 9.17) is 9.31 Å². The molecule has 1 saturated heterocycles. The van der Waals surface area contributed by atoms with Crippen molar-refractivity contribution in [2.75, 3.05) is 19.0 Å². The van der Waals surface area contributed by atoms with E-state index in [-0.39, 0.29) is 0 Å². The van der Waals surface area contributed by atoms with Crippen molar-refractivity contribution in [1.29, 1.82) is 0 Å². The van der Waals surface area contributed by atoms with Gasteiger partial charge in [-0.1, -0.05) is 0 Å². The van der Waals surface area contributed by atoms with Crippen molar-refractivity contribution in [3.8, 4) is 0 Å². The van der Waals surface area contributed by atoms with Crippen LogP contribution >= 0.6 is 0 Å². The third kappa shape index (κ3) is 2.47. The van der Waals surface area contributed by atoms with Crippen molar-refractivity contribution >= 4 is 18.4 Å². The molecule has 4 nitrogen and oxygen atoms in total. The largest absolute Gasteiger partial charge is 0.498 e. The molecule has 0 aliphatic carbocycles. The molecule has 6 heteroatoms. The second-order valence-electron chi connectivity index (χ2n) is 6.05. The molecule has 0 bridgehead atoms. The summed E-state index contributed by atoms with van der Waals surface area (Å²) in [5, 5.41) is 0. The highest BCUT2D eigenvalue weighted by atomic mass is 19.1. The first-order valence-electron chi connectivity index (χ1n) is 6.32. The van der Waals surface area contributed by atoms with Crippen LogP contribution in [0.3, 0.4) is 0 Å². The topological polar surface area (TPSA) is 34.6 Å². The van der Waals surface area contributed by atoms with E-state index in [1.54, 1.807) is 6.07 Å². The Balaban J connectivity index is 2.36. The van der Waals surface area contributed by atoms with Crippen LogP contribution in [0, 0.1) is 5.82 Å². The first-order chi connectivity index (χ1) is 8.64. The van der Waals surface area contributed by atoms with Gasteiger partial charge < -0.3 is 14.2 Å². The van der Waals surface area contributed by atoms with Crippen molar-refractivity contribution in [3.05, 3.63) is 18.1 Å². The lowest BCUT2D eigenvalue weighted by atomic mass is 9.79. The Morgan fingerprint density at radius 2 is 1.68 bits per heavy atom. The van der Waals surface area contributed by atoms with E-state index in [0.717, 1.165) is 0 Å². The summed E-state index contributed by atoms with van der Waals surface area (Å²) >= 11 is 0. The number of hydrogen-bond donors (Lipinski definition) is 0. The summed E-state index contributed by atoms with van der Waals surface area (Å²) in [7, 11) is 3.01. The number of halogens is 1. The van der Waals surface area contributed by atoms with Gasteiger partial charge in [-0.3, -0.25) is 0 Å². The van der Waals surface area contributed by atoms with E-state index in [9.17, 15) is 4.39 Å². The normalized spacial score (nSPS) is 20.7. The predicted octanol–water partition coefficient (Wildman–Crippen LogP) is 1.59. The van der Waals surface area contributed by atoms with Crippen LogP contribution in [-0.4, -0.2) is 37.4 Å². The fourth-order valence-electron chi connectivity index (χ4n) is 1.84. The second kappa shape index (κ2) is 4.46. The van der Waals surface area contributed by atoms with Crippen LogP contribution in [0.25, 0.3) is 0 Å². The maximum absolute atomic E-state index is 13.9. The van der Waals surface area contributed by atoms with E-state index in [2.05, 4.69) is 4.98 Å². The Labute approximate surface area is 114 Å². The van der Waals surface area contributed by atoms with Gasteiger partial charge in [0.2, 0.25) is 0 Å². The molecule has 0 unspecified atom stereocenters. The number of pyridine rings is 1. The van der Waals surface area contributed by atoms with Gasteiger partial charge in [0.15, 0.2) is 0 Å². The summed E-state index contributed by atoms with van der Waals surface area (Å²) in [6.45, 7) is 7.77. The minimum Gasteiger partial charge on any atom is -0.399 e. The van der Waals surface area contributed by atoms with Gasteiger partial charge in [0.05, 0.1) is 17.4 Å². The SMILES string of the molecule is CN(C)c1cc(B2OC(C)(C)C(C)(C)O2)c(F)cn1. The Kier molecular flexibility index (Phi) is 3.35. The van der Waals surface area contributed by atoms with Crippen molar-refractivity contribution in [1.82, 2.24) is 4.98 Å². The summed E-state index contributed by atoms with van der Waals surface area (Å²) in [6, 6.07) is 1.66. The van der Waals surface area contributed by atoms with Gasteiger partial charge in [0.25, 0.3) is 0 Å². The molecule has 0 saturated carbocycles. The van der Waals surface area contributed by atoms with Gasteiger partial charge in [0, 0.05) is 19.6 Å². The van der Waals surface area contributed by atoms with E-state index in [1.165, 1.54) is 6.20 Å². The minimum atomic E-state index is -0.702. The van der Waals surface area contributed by atoms with Crippen LogP contribution < -0.4 is 10.4 Å². The Morgan fingerprint density at radius 3 is 2.16 bits per heavy atom. The maximum atomic E-state index is 13.9. The van der Waals surface area contributed by atoms with Crippen molar-refractivity contribution in [2.45, 2.75) is 38.9 Å². The lowest BCUT2D eigenvalue weighted by molar-refractivity contribution is 0.00578. The van der Waals surface area contributed by atoms with E-state index >= 15 is 0 Å². The van der Waals surface area contributed by atoms with Gasteiger partial charge >= 0.3 is 7.12 Å². The average Bonchev–Trinajstić information content (AvgIpc) is 2.48. The summed E-state index contributed by atoms with van der Waals surface area (Å²) in [5.41, 5.74) is -0.575. The number of anilines is 1. The zero-order chi connectivity index (χ0) is 14.4. The number of rotatable bonds is 2. The summed E-state index contributed by atoms with van der Waals surface area (Å²) in [4.78, 5) is 5.84. The van der Waals surface area contributed by atoms with Gasteiger partial charge in [0.1, 0.15) is 11.6 Å². The monoisotopic (exact) mass is 266 g/mol. The first-order valence-corrected chi connectivity index (χ1v) is 6.32. The molecule has 104 valence electrons. The van der Waals surface area contributed by atoms with Crippen molar-refractivity contribution < 1.29 is 13.7 Å². The molecule has 0 aromatic carbocycles. The van der Waals surface area contributed by atoms with Crippen LogP contribution in [0.1, 0.15) is 27.7 Å². The molecular weight excluding hydrogens is 246 g/mol. The molecule has 0 amide bonds. The van der Waals surface area contributed by atoms with Gasteiger partial charge in [-0.2, -0.15) is 0 Å². The summed E-state index contributed by atoms with van der Waals surface area (Å²) in [6.07, 6.45) is 1.20. The van der Waals surface area contributed by atoms with E-state index in [1.807, 2.05) is 46.7 Å². The highest BCUT2D eigenvalue weighted by Crippen LogP contribution is 2.36. The molecule has 1 fully saturated rings. The lowest BCUT2D eigenvalue weighted by Gasteiger charge is -2.32. The van der Waals surface area contributed by atoms with Gasteiger partial charge in [-0.05, 0) is 33.8 Å². The molecule has 2 rings (SSSR count). The zero-order valence-corrected chi connectivity index (χ0v) is 12.3. The molecule has 0 atom stereocenters. The molecule has 1 aliphatic heterocycles. The van der Waals surface area contributed by atoms with Crippen molar-refractivity contribution in [2.24, 2.45) is 0 Å². The van der Waals surface area contributed by atoms with E-state index < -0.39 is 24.1 Å². The number of hydrogen-bond acceptors (Lipinski definition) is 4. The minimum absolute atomic E-state index is 0.386. The molecule has 1 aromatic heterocycles. The van der Waals surface area contributed by atoms with E-state index in [0.29, 0.717) is 11.3 Å². The zero-order valence-electron chi connectivity index (χ0n) is 12.3. The van der Waals surface area contributed by atoms with Crippen LogP contribution in [0.15, 0.2) is 12.3 Å². The second-order valence-corrected chi connectivity index (χ2v) is 6.05. The highest BCUT2D eigenvalue weighted by Gasteiger charge is 2.52. The average molecular weight is 266 g/mol. The molecule has 0 spiro atoms. The molecule has 0 radical (unpaired) electrons. The lowest BCUT2D eigenvalue weighted by Crippen LogP contribution is -2.41. The maximum Gasteiger partial charge on any atom is 0.498 e. The molecule has 2 heterocycles. The molecule has 19 heavy (non-hydrogen) atoms. The summed E-state index contributed by atoms with van der Waals surface area (Å²) < 4.78 is 25.7. The van der Waals surface area contributed by atoms with Crippen LogP contribution in [0.2, 0.25) is 0 Å². The Bertz CT molecular complexity index is 476. The number of nitrogens with zero attached hydrogens (tertiary/aromatic N) is 2. The van der Waals surface area contributed by atoms with Crippen LogP contribution in [0.5, 0.6) is 0 Å². The summed E-state index contributed by atoms with van der Waals surface area (Å²) in [5.74, 6) is 0.259. The van der Waals surface area contributed by atoms with Crippen LogP contribution in [0.4, 0.5) is 10.2 Å². The Morgan fingerprint density at radius 1 is 1.16 bits per heavy atom. The quantitative estimate of drug-likeness (QED) is 0.761. The van der Waals surface area contributed by atoms with Crippen molar-refractivity contribution in [3.63, 3.8) is 0 Å². The Hall–Kier alpha value is -1.14. The fraction of sp³-hybridized carbons (Fsp3) is 0.615. The molecule has 1 aliphatic rings. The highest BCUT2D eigenvalue weighted by molar-refractivity contribution is 6.62. The van der Waals surface area contributed by atoms with Crippen LogP contribution in [-0.2, 0) is 9.31 Å². The van der Waals surface area contributed by atoms with Gasteiger partial charge in [-0.15, -0.1) is 0 Å².